The number of anilines is 1. The lowest BCUT2D eigenvalue weighted by Gasteiger charge is -2.13. The third-order valence-corrected chi connectivity index (χ3v) is 5.41. The molecule has 0 fully saturated rings. The molecule has 0 unspecified atom stereocenters. The number of nitrogens with zero attached hydrogens (tertiary/aromatic N) is 1. The number of carbonyl (C=O) groups excluding carboxylic acids is 2. The van der Waals surface area contributed by atoms with E-state index in [4.69, 9.17) is 20.4 Å². The maximum absolute atomic E-state index is 12.8. The maximum atomic E-state index is 12.8. The molecule has 0 saturated heterocycles. The second kappa shape index (κ2) is 8.20. The molecule has 1 aliphatic rings. The average Bonchev–Trinajstić information content (AvgIpc) is 3.38. The fourth-order valence-corrected chi connectivity index (χ4v) is 3.62. The smallest absolute Gasteiger partial charge is 0.307 e. The molecule has 1 aliphatic carbocycles. The summed E-state index contributed by atoms with van der Waals surface area (Å²) in [5.74, 6) is 0.299. The maximum Gasteiger partial charge on any atom is 0.307 e. The number of amides is 2. The molecule has 8 heteroatoms. The van der Waals surface area contributed by atoms with E-state index in [9.17, 15) is 9.59 Å². The number of furan rings is 2. The Bertz CT molecular complexity index is 1150. The zero-order valence-corrected chi connectivity index (χ0v) is 17.3. The molecule has 30 heavy (non-hydrogen) atoms. The quantitative estimate of drug-likeness (QED) is 0.583. The first-order chi connectivity index (χ1) is 14.4. The Morgan fingerprint density at radius 2 is 1.97 bits per heavy atom. The van der Waals surface area contributed by atoms with Crippen molar-refractivity contribution in [3.63, 3.8) is 0 Å². The third-order valence-electron chi connectivity index (χ3n) is 5.00. The first kappa shape index (κ1) is 20.0. The molecule has 2 aromatic heterocycles. The number of nitrogens with one attached hydrogen (secondary N) is 2. The van der Waals surface area contributed by atoms with E-state index in [0.717, 1.165) is 17.5 Å². The van der Waals surface area contributed by atoms with E-state index in [1.165, 1.54) is 6.26 Å². The minimum absolute atomic E-state index is 0.177. The van der Waals surface area contributed by atoms with Crippen molar-refractivity contribution in [1.82, 2.24) is 5.43 Å². The Balaban J connectivity index is 1.57. The molecule has 154 valence electrons. The van der Waals surface area contributed by atoms with Crippen LogP contribution < -0.4 is 10.7 Å². The monoisotopic (exact) mass is 425 g/mol. The Morgan fingerprint density at radius 1 is 1.13 bits per heavy atom. The highest BCUT2D eigenvalue weighted by Crippen LogP contribution is 2.30. The number of carbonyl (C=O) groups is 2. The number of hydrazone groups is 1. The Labute approximate surface area is 178 Å². The molecule has 7 nitrogen and oxygen atoms in total. The molecule has 3 aromatic rings. The molecule has 0 atom stereocenters. The van der Waals surface area contributed by atoms with Crippen LogP contribution in [0.2, 0.25) is 5.02 Å². The molecule has 0 aliphatic heterocycles. The number of hydrogen-bond donors (Lipinski definition) is 2. The summed E-state index contributed by atoms with van der Waals surface area (Å²) in [7, 11) is 0. The van der Waals surface area contributed by atoms with Crippen molar-refractivity contribution in [3.05, 3.63) is 75.6 Å². The molecule has 0 bridgehead atoms. The van der Waals surface area contributed by atoms with Crippen LogP contribution in [0.5, 0.6) is 0 Å². The zero-order valence-electron chi connectivity index (χ0n) is 16.5. The standard InChI is InChI=1S/C22H20ClN3O4/c1-12-8-9-14(11-15(12)23)24-22(28)20-13(2)19-16(5-3-6-17(19)30-20)25-26-21(27)18-7-4-10-29-18/h4,7-11H,3,5-6H2,1-2H3,(H,24,28)(H,26,27)/b25-16+. The first-order valence-electron chi connectivity index (χ1n) is 9.54. The van der Waals surface area contributed by atoms with Gasteiger partial charge in [-0.1, -0.05) is 17.7 Å². The van der Waals surface area contributed by atoms with Crippen LogP contribution in [0.4, 0.5) is 5.69 Å². The number of rotatable bonds is 4. The molecule has 2 heterocycles. The summed E-state index contributed by atoms with van der Waals surface area (Å²) in [5, 5.41) is 7.66. The van der Waals surface area contributed by atoms with Crippen LogP contribution in [0.15, 0.2) is 50.5 Å². The van der Waals surface area contributed by atoms with Gasteiger partial charge in [-0.05, 0) is 56.5 Å². The molecule has 4 rings (SSSR count). The third kappa shape index (κ3) is 3.89. The predicted octanol–water partition coefficient (Wildman–Crippen LogP) is 4.87. The Hall–Kier alpha value is -3.32. The summed E-state index contributed by atoms with van der Waals surface area (Å²) in [4.78, 5) is 24.9. The molecule has 0 saturated carbocycles. The van der Waals surface area contributed by atoms with Crippen LogP contribution in [0.25, 0.3) is 0 Å². The SMILES string of the molecule is Cc1ccc(NC(=O)c2oc3c(c2C)/C(=N/NC(=O)c2ccco2)CCC3)cc1Cl. The second-order valence-electron chi connectivity index (χ2n) is 7.10. The van der Waals surface area contributed by atoms with Crippen molar-refractivity contribution in [2.75, 3.05) is 5.32 Å². The fraction of sp³-hybridized carbons (Fsp3) is 0.227. The van der Waals surface area contributed by atoms with Gasteiger partial charge in [0.25, 0.3) is 5.91 Å². The van der Waals surface area contributed by atoms with Gasteiger partial charge in [0, 0.05) is 28.3 Å². The van der Waals surface area contributed by atoms with Crippen LogP contribution in [0, 0.1) is 13.8 Å². The van der Waals surface area contributed by atoms with Gasteiger partial charge < -0.3 is 14.2 Å². The van der Waals surface area contributed by atoms with Crippen molar-refractivity contribution in [1.29, 1.82) is 0 Å². The van der Waals surface area contributed by atoms with E-state index >= 15 is 0 Å². The topological polar surface area (TPSA) is 96.8 Å². The summed E-state index contributed by atoms with van der Waals surface area (Å²) in [6.45, 7) is 3.71. The highest BCUT2D eigenvalue weighted by molar-refractivity contribution is 6.31. The van der Waals surface area contributed by atoms with E-state index in [2.05, 4.69) is 15.8 Å². The number of benzene rings is 1. The van der Waals surface area contributed by atoms with Gasteiger partial charge in [-0.2, -0.15) is 5.10 Å². The van der Waals surface area contributed by atoms with E-state index in [0.29, 0.717) is 40.6 Å². The first-order valence-corrected chi connectivity index (χ1v) is 9.92. The molecular formula is C22H20ClN3O4. The fourth-order valence-electron chi connectivity index (χ4n) is 3.44. The lowest BCUT2D eigenvalue weighted by Crippen LogP contribution is -2.21. The summed E-state index contributed by atoms with van der Waals surface area (Å²) < 4.78 is 11.0. The van der Waals surface area contributed by atoms with E-state index in [-0.39, 0.29) is 17.4 Å². The minimum Gasteiger partial charge on any atom is -0.459 e. The molecular weight excluding hydrogens is 406 g/mol. The number of hydrogen-bond acceptors (Lipinski definition) is 5. The molecule has 2 N–H and O–H groups in total. The summed E-state index contributed by atoms with van der Waals surface area (Å²) in [6.07, 6.45) is 3.60. The lowest BCUT2D eigenvalue weighted by molar-refractivity contribution is 0.0926. The molecule has 1 aromatic carbocycles. The molecule has 0 radical (unpaired) electrons. The Morgan fingerprint density at radius 3 is 2.70 bits per heavy atom. The van der Waals surface area contributed by atoms with Gasteiger partial charge in [0.1, 0.15) is 5.76 Å². The summed E-state index contributed by atoms with van der Waals surface area (Å²) >= 11 is 6.14. The van der Waals surface area contributed by atoms with Crippen molar-refractivity contribution in [2.45, 2.75) is 33.1 Å². The van der Waals surface area contributed by atoms with Crippen molar-refractivity contribution >= 4 is 34.8 Å². The molecule has 0 spiro atoms. The van der Waals surface area contributed by atoms with Gasteiger partial charge in [0.2, 0.25) is 0 Å². The average molecular weight is 426 g/mol. The van der Waals surface area contributed by atoms with Gasteiger partial charge in [0.05, 0.1) is 12.0 Å². The normalized spacial score (nSPS) is 14.4. The highest BCUT2D eigenvalue weighted by atomic mass is 35.5. The highest BCUT2D eigenvalue weighted by Gasteiger charge is 2.28. The Kier molecular flexibility index (Phi) is 5.46. The number of fused-ring (bicyclic) bond motifs is 1. The number of halogens is 1. The summed E-state index contributed by atoms with van der Waals surface area (Å²) in [5.41, 5.74) is 6.16. The van der Waals surface area contributed by atoms with Crippen LogP contribution in [0.3, 0.4) is 0 Å². The number of aryl methyl sites for hydroxylation is 2. The largest absolute Gasteiger partial charge is 0.459 e. The lowest BCUT2D eigenvalue weighted by atomic mass is 9.93. The predicted molar refractivity (Wildman–Crippen MR) is 113 cm³/mol. The van der Waals surface area contributed by atoms with E-state index < -0.39 is 5.91 Å². The van der Waals surface area contributed by atoms with Crippen molar-refractivity contribution < 1.29 is 18.4 Å². The van der Waals surface area contributed by atoms with Crippen molar-refractivity contribution in [2.24, 2.45) is 5.10 Å². The van der Waals surface area contributed by atoms with Gasteiger partial charge in [0.15, 0.2) is 11.5 Å². The van der Waals surface area contributed by atoms with Crippen molar-refractivity contribution in [3.8, 4) is 0 Å². The second-order valence-corrected chi connectivity index (χ2v) is 7.51. The summed E-state index contributed by atoms with van der Waals surface area (Å²) in [6, 6.07) is 8.51. The van der Waals surface area contributed by atoms with Crippen LogP contribution in [0.1, 0.15) is 56.4 Å². The molecule has 2 amide bonds. The van der Waals surface area contributed by atoms with Crippen LogP contribution >= 0.6 is 11.6 Å². The van der Waals surface area contributed by atoms with E-state index in [1.807, 2.05) is 19.9 Å². The zero-order chi connectivity index (χ0) is 21.3. The van der Waals surface area contributed by atoms with Gasteiger partial charge >= 0.3 is 5.91 Å². The van der Waals surface area contributed by atoms with Gasteiger partial charge in [-0.3, -0.25) is 9.59 Å². The minimum atomic E-state index is -0.435. The van der Waals surface area contributed by atoms with Gasteiger partial charge in [-0.25, -0.2) is 5.43 Å². The van der Waals surface area contributed by atoms with Crippen LogP contribution in [-0.4, -0.2) is 17.5 Å². The van der Waals surface area contributed by atoms with Crippen LogP contribution in [-0.2, 0) is 6.42 Å². The van der Waals surface area contributed by atoms with Gasteiger partial charge in [-0.15, -0.1) is 0 Å². The van der Waals surface area contributed by atoms with E-state index in [1.54, 1.807) is 24.3 Å².